The van der Waals surface area contributed by atoms with E-state index in [1.165, 1.54) is 5.06 Å². The first kappa shape index (κ1) is 22.4. The Morgan fingerprint density at radius 2 is 1.88 bits per heavy atom. The van der Waals surface area contributed by atoms with Crippen LogP contribution in [0.2, 0.25) is 5.02 Å². The van der Waals surface area contributed by atoms with Crippen molar-refractivity contribution >= 4 is 35.3 Å². The number of hydrogen-bond acceptors (Lipinski definition) is 6. The molecule has 1 N–H and O–H groups in total. The molecule has 2 aliphatic rings. The Hall–Kier alpha value is -3.78. The van der Waals surface area contributed by atoms with Crippen LogP contribution in [0.5, 0.6) is 17.2 Å². The van der Waals surface area contributed by atoms with Crippen molar-refractivity contribution in [3.8, 4) is 17.2 Å². The lowest BCUT2D eigenvalue weighted by atomic mass is 10.1. The predicted octanol–water partition coefficient (Wildman–Crippen LogP) is 4.65. The molecule has 0 fully saturated rings. The first-order chi connectivity index (χ1) is 15.9. The Morgan fingerprint density at radius 1 is 1.12 bits per heavy atom. The molecule has 2 heterocycles. The maximum atomic E-state index is 12.4. The maximum Gasteiger partial charge on any atom is 0.282 e. The highest BCUT2D eigenvalue weighted by Crippen LogP contribution is 2.30. The number of aliphatic imine (C=N–C) groups is 1. The van der Waals surface area contributed by atoms with E-state index < -0.39 is 5.91 Å². The number of nitrogens with zero attached hydrogens (tertiary/aromatic N) is 2. The summed E-state index contributed by atoms with van der Waals surface area (Å²) in [5.41, 5.74) is 0.790. The highest BCUT2D eigenvalue weighted by atomic mass is 35.5. The average molecular weight is 468 g/mol. The van der Waals surface area contributed by atoms with E-state index in [-0.39, 0.29) is 11.4 Å². The molecule has 0 bridgehead atoms. The molecule has 33 heavy (non-hydrogen) atoms. The van der Waals surface area contributed by atoms with Gasteiger partial charge in [-0.2, -0.15) is 4.99 Å². The number of benzene rings is 2. The first-order valence-electron chi connectivity index (χ1n) is 10.2. The third kappa shape index (κ3) is 5.18. The summed E-state index contributed by atoms with van der Waals surface area (Å²) in [6.45, 7) is 2.66. The van der Waals surface area contributed by atoms with Gasteiger partial charge in [-0.25, -0.2) is 0 Å². The molecule has 0 spiro atoms. The van der Waals surface area contributed by atoms with Crippen molar-refractivity contribution in [2.45, 2.75) is 13.3 Å². The minimum absolute atomic E-state index is 0.0712. The first-order valence-corrected chi connectivity index (χ1v) is 10.6. The number of ether oxygens (including phenoxy) is 3. The van der Waals surface area contributed by atoms with E-state index in [1.54, 1.807) is 56.5 Å². The van der Waals surface area contributed by atoms with E-state index in [9.17, 15) is 4.79 Å². The van der Waals surface area contributed by atoms with Gasteiger partial charge < -0.3 is 19.0 Å². The molecular weight excluding hydrogens is 446 g/mol. The van der Waals surface area contributed by atoms with Crippen molar-refractivity contribution in [2.24, 2.45) is 4.99 Å². The van der Waals surface area contributed by atoms with Crippen molar-refractivity contribution < 1.29 is 23.8 Å². The third-order valence-corrected chi connectivity index (χ3v) is 5.06. The van der Waals surface area contributed by atoms with E-state index >= 15 is 0 Å². The summed E-state index contributed by atoms with van der Waals surface area (Å²) >= 11 is 5.86. The van der Waals surface area contributed by atoms with Crippen molar-refractivity contribution in [3.05, 3.63) is 70.5 Å². The number of hydrogen-bond donors (Lipinski definition) is 1. The molecule has 4 rings (SSSR count). The third-order valence-electron chi connectivity index (χ3n) is 4.81. The van der Waals surface area contributed by atoms with E-state index in [0.29, 0.717) is 53.3 Å². The summed E-state index contributed by atoms with van der Waals surface area (Å²) in [6, 6.07) is 12.5. The molecule has 0 radical (unpaired) electrons. The van der Waals surface area contributed by atoms with Gasteiger partial charge in [-0.05, 0) is 55.0 Å². The van der Waals surface area contributed by atoms with Gasteiger partial charge in [-0.3, -0.25) is 10.2 Å². The fraction of sp³-hybridized carbons (Fsp3) is 0.208. The summed E-state index contributed by atoms with van der Waals surface area (Å²) in [6.07, 6.45) is 3.86. The van der Waals surface area contributed by atoms with Crippen LogP contribution in [-0.4, -0.2) is 43.0 Å². The van der Waals surface area contributed by atoms with Crippen molar-refractivity contribution in [3.63, 3.8) is 0 Å². The van der Waals surface area contributed by atoms with Gasteiger partial charge in [0.15, 0.2) is 23.2 Å². The number of fused-ring (bicyclic) bond motifs is 1. The molecule has 0 saturated heterocycles. The second-order valence-corrected chi connectivity index (χ2v) is 7.67. The Kier molecular flexibility index (Phi) is 6.65. The highest BCUT2D eigenvalue weighted by molar-refractivity contribution is 6.32. The van der Waals surface area contributed by atoms with Gasteiger partial charge in [-0.15, -0.1) is 5.06 Å². The molecule has 2 aromatic carbocycles. The van der Waals surface area contributed by atoms with Crippen LogP contribution in [0.4, 0.5) is 0 Å². The van der Waals surface area contributed by atoms with Crippen molar-refractivity contribution in [1.29, 1.82) is 5.41 Å². The van der Waals surface area contributed by atoms with Gasteiger partial charge >= 0.3 is 0 Å². The number of nitrogens with one attached hydrogen (secondary N) is 1. The van der Waals surface area contributed by atoms with E-state index in [0.717, 1.165) is 5.75 Å². The fourth-order valence-corrected chi connectivity index (χ4v) is 3.35. The van der Waals surface area contributed by atoms with Gasteiger partial charge in [0, 0.05) is 17.5 Å². The minimum Gasteiger partial charge on any atom is -0.493 e. The van der Waals surface area contributed by atoms with Crippen LogP contribution in [0.3, 0.4) is 0 Å². The average Bonchev–Trinajstić information content (AvgIpc) is 3.18. The van der Waals surface area contributed by atoms with Crippen LogP contribution in [0.1, 0.15) is 18.9 Å². The standard InChI is InChI=1S/C24H22ClN3O5/c1-15-12-22-27-24(29)19(23(26)28(22)33-15)13-16-4-9-20(21(14-16)30-2)32-11-3-10-31-18-7-5-17(25)6-8-18/h4-9,12-14,26H,3,10-11H2,1-2H3/b19-13-,26-23?. The zero-order valence-electron chi connectivity index (χ0n) is 18.1. The van der Waals surface area contributed by atoms with Crippen LogP contribution in [0.25, 0.3) is 6.08 Å². The molecule has 9 heteroatoms. The van der Waals surface area contributed by atoms with Crippen LogP contribution in [0.15, 0.2) is 64.9 Å². The number of methoxy groups -OCH3 is 1. The Labute approximate surface area is 196 Å². The molecule has 8 nitrogen and oxygen atoms in total. The number of amides is 1. The summed E-state index contributed by atoms with van der Waals surface area (Å²) < 4.78 is 16.9. The van der Waals surface area contributed by atoms with Crippen LogP contribution >= 0.6 is 11.6 Å². The number of halogens is 1. The van der Waals surface area contributed by atoms with Crippen LogP contribution in [0, 0.1) is 5.41 Å². The number of amidine groups is 2. The lowest BCUT2D eigenvalue weighted by Gasteiger charge is -2.23. The summed E-state index contributed by atoms with van der Waals surface area (Å²) in [4.78, 5) is 21.8. The number of carbonyl (C=O) groups excluding carboxylic acids is 1. The minimum atomic E-state index is -0.499. The lowest BCUT2D eigenvalue weighted by Crippen LogP contribution is -2.38. The molecular formula is C24H22ClN3O5. The second-order valence-electron chi connectivity index (χ2n) is 7.24. The lowest BCUT2D eigenvalue weighted by molar-refractivity contribution is -0.114. The maximum absolute atomic E-state index is 12.4. The van der Waals surface area contributed by atoms with Gasteiger partial charge in [-0.1, -0.05) is 17.7 Å². The Bertz CT molecular complexity index is 1170. The zero-order chi connectivity index (χ0) is 23.4. The highest BCUT2D eigenvalue weighted by Gasteiger charge is 2.34. The Morgan fingerprint density at radius 3 is 2.64 bits per heavy atom. The monoisotopic (exact) mass is 467 g/mol. The molecule has 2 aromatic rings. The molecule has 2 aliphatic heterocycles. The SMILES string of the molecule is COc1cc(/C=C2/C(=N)N3OC(C)=CC3=NC2=O)ccc1OCCCOc1ccc(Cl)cc1. The normalized spacial score (nSPS) is 16.2. The molecule has 170 valence electrons. The molecule has 0 aromatic heterocycles. The quantitative estimate of drug-likeness (QED) is 0.448. The van der Waals surface area contributed by atoms with E-state index in [4.69, 9.17) is 36.1 Å². The van der Waals surface area contributed by atoms with Crippen molar-refractivity contribution in [2.75, 3.05) is 20.3 Å². The number of hydroxylamine groups is 2. The zero-order valence-corrected chi connectivity index (χ0v) is 18.9. The molecule has 0 atom stereocenters. The van der Waals surface area contributed by atoms with Gasteiger partial charge in [0.2, 0.25) is 0 Å². The molecule has 0 aliphatic carbocycles. The summed E-state index contributed by atoms with van der Waals surface area (Å²) in [7, 11) is 1.54. The van der Waals surface area contributed by atoms with Crippen LogP contribution in [-0.2, 0) is 9.63 Å². The van der Waals surface area contributed by atoms with E-state index in [2.05, 4.69) is 4.99 Å². The molecule has 0 unspecified atom stereocenters. The van der Waals surface area contributed by atoms with Gasteiger partial charge in [0.05, 0.1) is 25.9 Å². The fourth-order valence-electron chi connectivity index (χ4n) is 3.22. The van der Waals surface area contributed by atoms with Crippen molar-refractivity contribution in [1.82, 2.24) is 5.06 Å². The smallest absolute Gasteiger partial charge is 0.282 e. The van der Waals surface area contributed by atoms with Gasteiger partial charge in [0.1, 0.15) is 11.5 Å². The second kappa shape index (κ2) is 9.79. The molecule has 0 saturated carbocycles. The largest absolute Gasteiger partial charge is 0.493 e. The summed E-state index contributed by atoms with van der Waals surface area (Å²) in [5.74, 6) is 2.13. The predicted molar refractivity (Wildman–Crippen MR) is 125 cm³/mol. The van der Waals surface area contributed by atoms with Crippen LogP contribution < -0.4 is 14.2 Å². The van der Waals surface area contributed by atoms with Gasteiger partial charge in [0.25, 0.3) is 5.91 Å². The topological polar surface area (TPSA) is 93.4 Å². The number of rotatable bonds is 8. The number of allylic oxidation sites excluding steroid dienone is 1. The van der Waals surface area contributed by atoms with E-state index in [1.807, 2.05) is 12.1 Å². The summed E-state index contributed by atoms with van der Waals surface area (Å²) in [5, 5.41) is 10.2. The Balaban J connectivity index is 1.37. The number of carbonyl (C=O) groups is 1. The molecule has 1 amide bonds.